The Morgan fingerprint density at radius 1 is 1.36 bits per heavy atom. The van der Waals surface area contributed by atoms with Crippen molar-refractivity contribution in [1.29, 1.82) is 0 Å². The zero-order valence-electron chi connectivity index (χ0n) is 12.7. The van der Waals surface area contributed by atoms with E-state index in [1.807, 2.05) is 49.6 Å². The van der Waals surface area contributed by atoms with Gasteiger partial charge in [-0.05, 0) is 31.4 Å². The Bertz CT molecular complexity index is 669. The molecule has 0 aliphatic carbocycles. The van der Waals surface area contributed by atoms with Gasteiger partial charge in [-0.2, -0.15) is 11.8 Å². The molecule has 0 unspecified atom stereocenters. The third-order valence-corrected chi connectivity index (χ3v) is 4.60. The van der Waals surface area contributed by atoms with Crippen molar-refractivity contribution in [2.24, 2.45) is 0 Å². The number of thioether (sulfide) groups is 1. The average molecular weight is 316 g/mol. The molecule has 22 heavy (non-hydrogen) atoms. The molecule has 0 saturated heterocycles. The number of hydrogen-bond acceptors (Lipinski definition) is 4. The summed E-state index contributed by atoms with van der Waals surface area (Å²) in [6.07, 6.45) is 5.09. The van der Waals surface area contributed by atoms with Crippen LogP contribution in [0.3, 0.4) is 0 Å². The number of aliphatic hydroxyl groups excluding tert-OH is 1. The predicted octanol–water partition coefficient (Wildman–Crippen LogP) is 2.48. The number of carbonyl (C=O) groups is 1. The van der Waals surface area contributed by atoms with E-state index in [0.717, 1.165) is 16.6 Å². The number of hydrogen-bond donors (Lipinski definition) is 2. The Balaban J connectivity index is 2.02. The number of amides is 1. The third-order valence-electron chi connectivity index (χ3n) is 3.44. The number of rotatable bonds is 6. The van der Waals surface area contributed by atoms with Gasteiger partial charge in [-0.25, -0.2) is 4.98 Å². The molecule has 0 bridgehead atoms. The number of nitrogens with zero attached hydrogens (tertiary/aromatic N) is 1. The van der Waals surface area contributed by atoms with Gasteiger partial charge in [-0.1, -0.05) is 24.3 Å². The SMILES string of the molecule is CS[C@H](CO)[C@@H](C)NC(=O)/C=C/c1ccc2ccccc2n1. The maximum absolute atomic E-state index is 11.9. The summed E-state index contributed by atoms with van der Waals surface area (Å²) in [5.41, 5.74) is 1.64. The van der Waals surface area contributed by atoms with Gasteiger partial charge in [0.05, 0.1) is 17.8 Å². The van der Waals surface area contributed by atoms with Crippen molar-refractivity contribution in [2.75, 3.05) is 12.9 Å². The molecular weight excluding hydrogens is 296 g/mol. The lowest BCUT2D eigenvalue weighted by molar-refractivity contribution is -0.117. The Morgan fingerprint density at radius 2 is 2.14 bits per heavy atom. The van der Waals surface area contributed by atoms with Crippen LogP contribution >= 0.6 is 11.8 Å². The maximum atomic E-state index is 11.9. The summed E-state index contributed by atoms with van der Waals surface area (Å²) in [6, 6.07) is 11.6. The fourth-order valence-electron chi connectivity index (χ4n) is 2.14. The van der Waals surface area contributed by atoms with Crippen LogP contribution in [0.2, 0.25) is 0 Å². The van der Waals surface area contributed by atoms with E-state index in [1.165, 1.54) is 17.8 Å². The van der Waals surface area contributed by atoms with Crippen molar-refractivity contribution >= 4 is 34.6 Å². The van der Waals surface area contributed by atoms with E-state index in [0.29, 0.717) is 0 Å². The molecule has 2 rings (SSSR count). The zero-order valence-corrected chi connectivity index (χ0v) is 13.5. The summed E-state index contributed by atoms with van der Waals surface area (Å²) in [5, 5.41) is 13.1. The largest absolute Gasteiger partial charge is 0.395 e. The van der Waals surface area contributed by atoms with Crippen LogP contribution in [0.25, 0.3) is 17.0 Å². The second-order valence-electron chi connectivity index (χ2n) is 5.02. The van der Waals surface area contributed by atoms with E-state index in [-0.39, 0.29) is 23.8 Å². The molecule has 0 aliphatic rings. The second-order valence-corrected chi connectivity index (χ2v) is 6.09. The van der Waals surface area contributed by atoms with Crippen molar-refractivity contribution in [3.63, 3.8) is 0 Å². The van der Waals surface area contributed by atoms with Crippen LogP contribution in [0.1, 0.15) is 12.6 Å². The topological polar surface area (TPSA) is 62.2 Å². The molecule has 4 nitrogen and oxygen atoms in total. The molecule has 0 aliphatic heterocycles. The highest BCUT2D eigenvalue weighted by Gasteiger charge is 2.16. The lowest BCUT2D eigenvalue weighted by Gasteiger charge is -2.20. The first kappa shape index (κ1) is 16.5. The smallest absolute Gasteiger partial charge is 0.244 e. The van der Waals surface area contributed by atoms with Gasteiger partial charge >= 0.3 is 0 Å². The minimum atomic E-state index is -0.185. The summed E-state index contributed by atoms with van der Waals surface area (Å²) in [4.78, 5) is 16.4. The lowest BCUT2D eigenvalue weighted by atomic mass is 10.2. The molecule has 1 aromatic carbocycles. The van der Waals surface area contributed by atoms with E-state index in [1.54, 1.807) is 6.08 Å². The van der Waals surface area contributed by atoms with Crippen LogP contribution in [0.15, 0.2) is 42.5 Å². The van der Waals surface area contributed by atoms with Crippen molar-refractivity contribution in [3.05, 3.63) is 48.2 Å². The number of carbonyl (C=O) groups excluding carboxylic acids is 1. The highest BCUT2D eigenvalue weighted by molar-refractivity contribution is 7.99. The van der Waals surface area contributed by atoms with Crippen LogP contribution in [0, 0.1) is 0 Å². The summed E-state index contributed by atoms with van der Waals surface area (Å²) in [6.45, 7) is 1.93. The fourth-order valence-corrected chi connectivity index (χ4v) is 2.76. The van der Waals surface area contributed by atoms with E-state index in [9.17, 15) is 9.90 Å². The first-order valence-electron chi connectivity index (χ1n) is 7.12. The van der Waals surface area contributed by atoms with Crippen molar-refractivity contribution in [3.8, 4) is 0 Å². The van der Waals surface area contributed by atoms with E-state index >= 15 is 0 Å². The molecule has 0 fully saturated rings. The van der Waals surface area contributed by atoms with Crippen molar-refractivity contribution in [2.45, 2.75) is 18.2 Å². The molecule has 116 valence electrons. The Kier molecular flexibility index (Phi) is 5.98. The summed E-state index contributed by atoms with van der Waals surface area (Å²) >= 11 is 1.53. The van der Waals surface area contributed by atoms with Crippen molar-refractivity contribution in [1.82, 2.24) is 10.3 Å². The third kappa shape index (κ3) is 4.32. The van der Waals surface area contributed by atoms with Crippen LogP contribution in [0.4, 0.5) is 0 Å². The van der Waals surface area contributed by atoms with E-state index in [4.69, 9.17) is 0 Å². The van der Waals surface area contributed by atoms with Gasteiger partial charge in [-0.15, -0.1) is 0 Å². The molecule has 1 aromatic heterocycles. The van der Waals surface area contributed by atoms with Gasteiger partial charge in [0.2, 0.25) is 5.91 Å². The molecule has 1 amide bonds. The van der Waals surface area contributed by atoms with Crippen LogP contribution in [-0.2, 0) is 4.79 Å². The van der Waals surface area contributed by atoms with Crippen LogP contribution < -0.4 is 5.32 Å². The Labute approximate surface area is 134 Å². The molecule has 0 spiro atoms. The summed E-state index contributed by atoms with van der Waals surface area (Å²) in [7, 11) is 0. The van der Waals surface area contributed by atoms with Gasteiger partial charge in [0.25, 0.3) is 0 Å². The zero-order chi connectivity index (χ0) is 15.9. The summed E-state index contributed by atoms with van der Waals surface area (Å²) in [5.74, 6) is -0.185. The van der Waals surface area contributed by atoms with Gasteiger partial charge in [0.1, 0.15) is 0 Å². The van der Waals surface area contributed by atoms with Gasteiger partial charge in [-0.3, -0.25) is 4.79 Å². The van der Waals surface area contributed by atoms with Crippen LogP contribution in [0.5, 0.6) is 0 Å². The molecule has 2 N–H and O–H groups in total. The lowest BCUT2D eigenvalue weighted by Crippen LogP contribution is -2.40. The molecule has 5 heteroatoms. The minimum Gasteiger partial charge on any atom is -0.395 e. The average Bonchev–Trinajstić information content (AvgIpc) is 2.54. The van der Waals surface area contributed by atoms with Crippen LogP contribution in [-0.4, -0.2) is 40.2 Å². The van der Waals surface area contributed by atoms with Crippen molar-refractivity contribution < 1.29 is 9.90 Å². The number of nitrogens with one attached hydrogen (secondary N) is 1. The maximum Gasteiger partial charge on any atom is 0.244 e. The highest BCUT2D eigenvalue weighted by atomic mass is 32.2. The first-order valence-corrected chi connectivity index (χ1v) is 8.41. The molecule has 2 atom stereocenters. The number of benzene rings is 1. The predicted molar refractivity (Wildman–Crippen MR) is 92.8 cm³/mol. The van der Waals surface area contributed by atoms with Gasteiger partial charge in [0.15, 0.2) is 0 Å². The standard InChI is InChI=1S/C17H20N2O2S/c1-12(16(11-20)22-2)18-17(21)10-9-14-8-7-13-5-3-4-6-15(13)19-14/h3-10,12,16,20H,11H2,1-2H3,(H,18,21)/b10-9+/t12-,16-/m1/s1. The highest BCUT2D eigenvalue weighted by Crippen LogP contribution is 2.13. The normalized spacial score (nSPS) is 14.1. The molecule has 2 aromatic rings. The molecule has 1 heterocycles. The number of aromatic nitrogens is 1. The number of para-hydroxylation sites is 1. The minimum absolute atomic E-state index is 0.00357. The molecule has 0 radical (unpaired) electrons. The quantitative estimate of drug-likeness (QED) is 0.804. The summed E-state index contributed by atoms with van der Waals surface area (Å²) < 4.78 is 0. The first-order chi connectivity index (χ1) is 10.6. The Hall–Kier alpha value is -1.85. The molecular formula is C17H20N2O2S. The second kappa shape index (κ2) is 7.96. The van der Waals surface area contributed by atoms with E-state index < -0.39 is 0 Å². The number of pyridine rings is 1. The van der Waals surface area contributed by atoms with Gasteiger partial charge < -0.3 is 10.4 Å². The Morgan fingerprint density at radius 3 is 2.86 bits per heavy atom. The number of fused-ring (bicyclic) bond motifs is 1. The van der Waals surface area contributed by atoms with E-state index in [2.05, 4.69) is 10.3 Å². The monoisotopic (exact) mass is 316 g/mol. The number of aliphatic hydroxyl groups is 1. The van der Waals surface area contributed by atoms with Gasteiger partial charge in [0, 0.05) is 22.8 Å². The molecule has 0 saturated carbocycles. The fraction of sp³-hybridized carbons (Fsp3) is 0.294.